The van der Waals surface area contributed by atoms with Crippen LogP contribution in [0, 0.1) is 0 Å². The Morgan fingerprint density at radius 3 is 2.81 bits per heavy atom. The lowest BCUT2D eigenvalue weighted by atomic mass is 10.1. The maximum atomic E-state index is 12.4. The SMILES string of the molecule is Cl.O=C(CC1COCCN1)Nc1ccccc1-c1nc2ccccc2[nH]1. The van der Waals surface area contributed by atoms with E-state index in [9.17, 15) is 4.79 Å². The molecule has 1 aliphatic heterocycles. The Bertz CT molecular complexity index is 857. The Kier molecular flexibility index (Phi) is 5.88. The highest BCUT2D eigenvalue weighted by Crippen LogP contribution is 2.27. The van der Waals surface area contributed by atoms with Gasteiger partial charge in [0.2, 0.25) is 5.91 Å². The number of H-pyrrole nitrogens is 1. The number of carbonyl (C=O) groups is 1. The van der Waals surface area contributed by atoms with E-state index in [0.29, 0.717) is 19.6 Å². The average Bonchev–Trinajstić information content (AvgIpc) is 3.07. The second kappa shape index (κ2) is 8.31. The lowest BCUT2D eigenvalue weighted by Crippen LogP contribution is -2.43. The first-order chi connectivity index (χ1) is 12.3. The van der Waals surface area contributed by atoms with E-state index in [1.807, 2.05) is 48.5 Å². The van der Waals surface area contributed by atoms with Gasteiger partial charge in [0.1, 0.15) is 5.82 Å². The number of rotatable bonds is 4. The molecular weight excluding hydrogens is 352 g/mol. The minimum absolute atomic E-state index is 0. The summed E-state index contributed by atoms with van der Waals surface area (Å²) < 4.78 is 5.40. The predicted octanol–water partition coefficient (Wildman–Crippen LogP) is 2.97. The van der Waals surface area contributed by atoms with Crippen molar-refractivity contribution in [1.29, 1.82) is 0 Å². The van der Waals surface area contributed by atoms with Crippen molar-refractivity contribution in [2.24, 2.45) is 0 Å². The molecule has 3 aromatic rings. The van der Waals surface area contributed by atoms with E-state index >= 15 is 0 Å². The second-order valence-electron chi connectivity index (χ2n) is 6.13. The summed E-state index contributed by atoms with van der Waals surface area (Å²) in [5.74, 6) is 0.711. The van der Waals surface area contributed by atoms with Crippen LogP contribution in [0.3, 0.4) is 0 Å². The van der Waals surface area contributed by atoms with Crippen LogP contribution in [0.5, 0.6) is 0 Å². The molecule has 1 amide bonds. The molecule has 0 aliphatic carbocycles. The van der Waals surface area contributed by atoms with Crippen molar-refractivity contribution in [3.63, 3.8) is 0 Å². The number of carbonyl (C=O) groups excluding carboxylic acids is 1. The lowest BCUT2D eigenvalue weighted by Gasteiger charge is -2.23. The minimum atomic E-state index is -0.0356. The molecular formula is C19H21ClN4O2. The van der Waals surface area contributed by atoms with Gasteiger partial charge < -0.3 is 20.4 Å². The van der Waals surface area contributed by atoms with Crippen molar-refractivity contribution in [2.45, 2.75) is 12.5 Å². The summed E-state index contributed by atoms with van der Waals surface area (Å²) in [6.45, 7) is 2.05. The monoisotopic (exact) mass is 372 g/mol. The third kappa shape index (κ3) is 4.04. The molecule has 26 heavy (non-hydrogen) atoms. The van der Waals surface area contributed by atoms with Gasteiger partial charge in [-0.25, -0.2) is 4.98 Å². The van der Waals surface area contributed by atoms with Gasteiger partial charge >= 0.3 is 0 Å². The smallest absolute Gasteiger partial charge is 0.226 e. The van der Waals surface area contributed by atoms with E-state index in [-0.39, 0.29) is 24.4 Å². The summed E-state index contributed by atoms with van der Waals surface area (Å²) in [5, 5.41) is 6.30. The predicted molar refractivity (Wildman–Crippen MR) is 105 cm³/mol. The number of morpholine rings is 1. The van der Waals surface area contributed by atoms with E-state index in [2.05, 4.69) is 20.6 Å². The number of hydrogen-bond donors (Lipinski definition) is 3. The van der Waals surface area contributed by atoms with E-state index in [1.165, 1.54) is 0 Å². The molecule has 1 atom stereocenters. The largest absolute Gasteiger partial charge is 0.378 e. The first-order valence-corrected chi connectivity index (χ1v) is 8.45. The maximum Gasteiger partial charge on any atom is 0.226 e. The van der Waals surface area contributed by atoms with Gasteiger partial charge in [-0.05, 0) is 24.3 Å². The number of anilines is 1. The molecule has 1 aliphatic rings. The molecule has 136 valence electrons. The normalized spacial score (nSPS) is 16.8. The number of fused-ring (bicyclic) bond motifs is 1. The number of halogens is 1. The highest BCUT2D eigenvalue weighted by molar-refractivity contribution is 5.95. The van der Waals surface area contributed by atoms with Crippen LogP contribution in [-0.4, -0.2) is 41.7 Å². The number of aromatic amines is 1. The average molecular weight is 373 g/mol. The van der Waals surface area contributed by atoms with Crippen molar-refractivity contribution in [3.8, 4) is 11.4 Å². The molecule has 1 saturated heterocycles. The summed E-state index contributed by atoms with van der Waals surface area (Å²) in [5.41, 5.74) is 3.51. The molecule has 1 unspecified atom stereocenters. The quantitative estimate of drug-likeness (QED) is 0.658. The fourth-order valence-corrected chi connectivity index (χ4v) is 3.05. The number of nitrogens with zero attached hydrogens (tertiary/aromatic N) is 1. The van der Waals surface area contributed by atoms with Crippen LogP contribution >= 0.6 is 12.4 Å². The van der Waals surface area contributed by atoms with Gasteiger partial charge in [0.05, 0.1) is 29.9 Å². The Hall–Kier alpha value is -2.41. The van der Waals surface area contributed by atoms with Crippen LogP contribution in [0.25, 0.3) is 22.4 Å². The van der Waals surface area contributed by atoms with Gasteiger partial charge in [0.15, 0.2) is 0 Å². The first kappa shape index (κ1) is 18.4. The number of imidazole rings is 1. The number of para-hydroxylation sites is 3. The molecule has 4 rings (SSSR count). The molecule has 2 heterocycles. The summed E-state index contributed by atoms with van der Waals surface area (Å²) in [6, 6.07) is 15.6. The van der Waals surface area contributed by atoms with Gasteiger partial charge in [-0.3, -0.25) is 4.79 Å². The molecule has 0 saturated carbocycles. The van der Waals surface area contributed by atoms with E-state index in [0.717, 1.165) is 34.7 Å². The number of nitrogens with one attached hydrogen (secondary N) is 3. The van der Waals surface area contributed by atoms with Gasteiger partial charge in [-0.2, -0.15) is 0 Å². The topological polar surface area (TPSA) is 79.0 Å². The van der Waals surface area contributed by atoms with Crippen molar-refractivity contribution < 1.29 is 9.53 Å². The second-order valence-corrected chi connectivity index (χ2v) is 6.13. The van der Waals surface area contributed by atoms with Gasteiger partial charge in [0, 0.05) is 24.6 Å². The molecule has 3 N–H and O–H groups in total. The van der Waals surface area contributed by atoms with Crippen LogP contribution in [0.2, 0.25) is 0 Å². The number of amides is 1. The summed E-state index contributed by atoms with van der Waals surface area (Å²) in [6.07, 6.45) is 0.383. The first-order valence-electron chi connectivity index (χ1n) is 8.45. The Morgan fingerprint density at radius 1 is 1.19 bits per heavy atom. The lowest BCUT2D eigenvalue weighted by molar-refractivity contribution is -0.117. The zero-order valence-electron chi connectivity index (χ0n) is 14.2. The summed E-state index contributed by atoms with van der Waals surface area (Å²) in [4.78, 5) is 20.3. The summed E-state index contributed by atoms with van der Waals surface area (Å²) in [7, 11) is 0. The zero-order valence-corrected chi connectivity index (χ0v) is 15.0. The fraction of sp³-hybridized carbons (Fsp3) is 0.263. The molecule has 7 heteroatoms. The van der Waals surface area contributed by atoms with Crippen molar-refractivity contribution in [2.75, 3.05) is 25.1 Å². The van der Waals surface area contributed by atoms with Crippen LogP contribution in [0.4, 0.5) is 5.69 Å². The summed E-state index contributed by atoms with van der Waals surface area (Å²) >= 11 is 0. The Balaban J connectivity index is 0.00000196. The Morgan fingerprint density at radius 2 is 2.00 bits per heavy atom. The molecule has 0 radical (unpaired) electrons. The third-order valence-electron chi connectivity index (χ3n) is 4.28. The van der Waals surface area contributed by atoms with Gasteiger partial charge in [-0.15, -0.1) is 12.4 Å². The van der Waals surface area contributed by atoms with Crippen molar-refractivity contribution in [1.82, 2.24) is 15.3 Å². The molecule has 6 nitrogen and oxygen atoms in total. The van der Waals surface area contributed by atoms with Crippen LogP contribution in [-0.2, 0) is 9.53 Å². The number of aromatic nitrogens is 2. The minimum Gasteiger partial charge on any atom is -0.378 e. The van der Waals surface area contributed by atoms with Gasteiger partial charge in [-0.1, -0.05) is 24.3 Å². The molecule has 2 aromatic carbocycles. The Labute approximate surface area is 157 Å². The van der Waals surface area contributed by atoms with Crippen molar-refractivity contribution in [3.05, 3.63) is 48.5 Å². The highest BCUT2D eigenvalue weighted by Gasteiger charge is 2.18. The molecule has 1 fully saturated rings. The van der Waals surface area contributed by atoms with Gasteiger partial charge in [0.25, 0.3) is 0 Å². The highest BCUT2D eigenvalue weighted by atomic mass is 35.5. The van der Waals surface area contributed by atoms with E-state index in [1.54, 1.807) is 0 Å². The number of hydrogen-bond acceptors (Lipinski definition) is 4. The number of benzene rings is 2. The van der Waals surface area contributed by atoms with E-state index in [4.69, 9.17) is 4.74 Å². The van der Waals surface area contributed by atoms with E-state index < -0.39 is 0 Å². The maximum absolute atomic E-state index is 12.4. The van der Waals surface area contributed by atoms with Crippen LogP contribution in [0.15, 0.2) is 48.5 Å². The van der Waals surface area contributed by atoms with Crippen LogP contribution < -0.4 is 10.6 Å². The van der Waals surface area contributed by atoms with Crippen molar-refractivity contribution >= 4 is 35.0 Å². The molecule has 1 aromatic heterocycles. The number of ether oxygens (including phenoxy) is 1. The standard InChI is InChI=1S/C19H20N4O2.ClH/c24-18(11-13-12-25-10-9-20-13)21-15-6-2-1-5-14(15)19-22-16-7-3-4-8-17(16)23-19;/h1-8,13,20H,9-12H2,(H,21,24)(H,22,23);1H. The van der Waals surface area contributed by atoms with Crippen LogP contribution in [0.1, 0.15) is 6.42 Å². The molecule has 0 bridgehead atoms. The fourth-order valence-electron chi connectivity index (χ4n) is 3.05. The molecule has 0 spiro atoms. The third-order valence-corrected chi connectivity index (χ3v) is 4.28. The zero-order chi connectivity index (χ0) is 17.1.